The molecule has 0 N–H and O–H groups in total. The molecule has 0 amide bonds. The van der Waals surface area contributed by atoms with Crippen LogP contribution in [0, 0.1) is 0 Å². The summed E-state index contributed by atoms with van der Waals surface area (Å²) in [6.07, 6.45) is 2.25. The van der Waals surface area contributed by atoms with Gasteiger partial charge in [0.05, 0.1) is 16.6 Å². The van der Waals surface area contributed by atoms with Crippen LogP contribution < -0.4 is 4.90 Å². The average molecular weight is 566 g/mol. The molecule has 3 heteroatoms. The summed E-state index contributed by atoms with van der Waals surface area (Å²) in [5.74, 6) is 0. The zero-order valence-electron chi connectivity index (χ0n) is 24.8. The van der Waals surface area contributed by atoms with Gasteiger partial charge in [-0.15, -0.1) is 0 Å². The molecule has 9 rings (SSSR count). The molecule has 44 heavy (non-hydrogen) atoms. The number of aromatic nitrogens is 2. The second-order valence-corrected chi connectivity index (χ2v) is 12.3. The fourth-order valence-corrected chi connectivity index (χ4v) is 7.44. The van der Waals surface area contributed by atoms with Gasteiger partial charge in [-0.2, -0.15) is 0 Å². The normalized spacial score (nSPS) is 13.4. The van der Waals surface area contributed by atoms with Gasteiger partial charge in [-0.05, 0) is 83.9 Å². The maximum absolute atomic E-state index is 2.46. The Bertz CT molecular complexity index is 2300. The summed E-state index contributed by atoms with van der Waals surface area (Å²) in [7, 11) is 0. The van der Waals surface area contributed by atoms with E-state index in [1.54, 1.807) is 0 Å². The molecule has 8 aromatic rings. The van der Waals surface area contributed by atoms with Crippen molar-refractivity contribution in [2.75, 3.05) is 4.90 Å². The van der Waals surface area contributed by atoms with Gasteiger partial charge in [0.2, 0.25) is 0 Å². The monoisotopic (exact) mass is 565 g/mol. The van der Waals surface area contributed by atoms with Gasteiger partial charge in [0.15, 0.2) is 0 Å². The molecule has 2 aromatic heterocycles. The van der Waals surface area contributed by atoms with E-state index < -0.39 is 0 Å². The second kappa shape index (κ2) is 9.23. The van der Waals surface area contributed by atoms with E-state index in [2.05, 4.69) is 180 Å². The van der Waals surface area contributed by atoms with Crippen molar-refractivity contribution in [3.63, 3.8) is 0 Å². The summed E-state index contributed by atoms with van der Waals surface area (Å²) in [5, 5.41) is 3.87. The first kappa shape index (κ1) is 25.0. The van der Waals surface area contributed by atoms with Crippen LogP contribution in [0.2, 0.25) is 0 Å². The molecule has 0 saturated carbocycles. The SMILES string of the molecule is CC1(C)c2ccccc2-n2ccc3c2c1cc1c2ccccc2n(-c2ccc(N(c4ccccc4)c4ccccc4)cc2)c13. The third-order valence-corrected chi connectivity index (χ3v) is 9.50. The summed E-state index contributed by atoms with van der Waals surface area (Å²) in [6, 6.07) is 52.7. The Morgan fingerprint density at radius 2 is 1.11 bits per heavy atom. The lowest BCUT2D eigenvalue weighted by atomic mass is 9.74. The van der Waals surface area contributed by atoms with E-state index in [0.29, 0.717) is 0 Å². The molecule has 3 heterocycles. The minimum Gasteiger partial charge on any atom is -0.316 e. The maximum Gasteiger partial charge on any atom is 0.0635 e. The van der Waals surface area contributed by atoms with Crippen molar-refractivity contribution in [3.8, 4) is 11.4 Å². The topological polar surface area (TPSA) is 13.1 Å². The van der Waals surface area contributed by atoms with Gasteiger partial charge in [0.1, 0.15) is 0 Å². The van der Waals surface area contributed by atoms with Crippen LogP contribution in [-0.2, 0) is 5.41 Å². The Labute approximate surface area is 256 Å². The first-order valence-electron chi connectivity index (χ1n) is 15.3. The first-order chi connectivity index (χ1) is 21.6. The first-order valence-corrected chi connectivity index (χ1v) is 15.3. The van der Waals surface area contributed by atoms with Crippen LogP contribution in [0.15, 0.2) is 152 Å². The molecule has 6 aromatic carbocycles. The van der Waals surface area contributed by atoms with Gasteiger partial charge in [0, 0.05) is 56.2 Å². The molecular weight excluding hydrogens is 534 g/mol. The summed E-state index contributed by atoms with van der Waals surface area (Å²) >= 11 is 0. The van der Waals surface area contributed by atoms with E-state index in [1.807, 2.05) is 0 Å². The minimum atomic E-state index is -0.111. The quantitative estimate of drug-likeness (QED) is 0.207. The molecule has 0 radical (unpaired) electrons. The molecule has 0 bridgehead atoms. The molecule has 1 aliphatic rings. The minimum absolute atomic E-state index is 0.111. The van der Waals surface area contributed by atoms with Gasteiger partial charge in [-0.1, -0.05) is 86.6 Å². The Balaban J connectivity index is 1.29. The van der Waals surface area contributed by atoms with E-state index >= 15 is 0 Å². The summed E-state index contributed by atoms with van der Waals surface area (Å²) < 4.78 is 4.86. The number of rotatable bonds is 4. The Morgan fingerprint density at radius 1 is 0.500 bits per heavy atom. The van der Waals surface area contributed by atoms with Crippen LogP contribution in [0.3, 0.4) is 0 Å². The summed E-state index contributed by atoms with van der Waals surface area (Å²) in [6.45, 7) is 4.73. The second-order valence-electron chi connectivity index (χ2n) is 12.3. The van der Waals surface area contributed by atoms with Crippen LogP contribution in [0.5, 0.6) is 0 Å². The van der Waals surface area contributed by atoms with Gasteiger partial charge < -0.3 is 14.0 Å². The van der Waals surface area contributed by atoms with Gasteiger partial charge >= 0.3 is 0 Å². The number of nitrogens with zero attached hydrogens (tertiary/aromatic N) is 3. The zero-order chi connectivity index (χ0) is 29.4. The highest BCUT2D eigenvalue weighted by Crippen LogP contribution is 2.48. The van der Waals surface area contributed by atoms with Crippen molar-refractivity contribution in [2.24, 2.45) is 0 Å². The Hall–Kier alpha value is -5.54. The molecule has 0 atom stereocenters. The number of para-hydroxylation sites is 4. The molecular formula is C41H31N3. The van der Waals surface area contributed by atoms with Crippen molar-refractivity contribution in [3.05, 3.63) is 163 Å². The molecule has 0 unspecified atom stereocenters. The Morgan fingerprint density at radius 3 is 1.84 bits per heavy atom. The zero-order valence-corrected chi connectivity index (χ0v) is 24.8. The van der Waals surface area contributed by atoms with E-state index in [9.17, 15) is 0 Å². The number of fused-ring (bicyclic) bond motifs is 6. The summed E-state index contributed by atoms with van der Waals surface area (Å²) in [4.78, 5) is 2.31. The van der Waals surface area contributed by atoms with E-state index in [-0.39, 0.29) is 5.41 Å². The third kappa shape index (κ3) is 3.44. The van der Waals surface area contributed by atoms with Crippen LogP contribution in [0.25, 0.3) is 44.1 Å². The smallest absolute Gasteiger partial charge is 0.0635 e. The van der Waals surface area contributed by atoms with Crippen molar-refractivity contribution >= 4 is 49.8 Å². The Kier molecular flexibility index (Phi) is 5.24. The lowest BCUT2D eigenvalue weighted by Crippen LogP contribution is -2.26. The largest absolute Gasteiger partial charge is 0.316 e. The number of anilines is 3. The molecule has 0 saturated heterocycles. The fourth-order valence-electron chi connectivity index (χ4n) is 7.44. The van der Waals surface area contributed by atoms with E-state index in [0.717, 1.165) is 22.7 Å². The number of hydrogen-bond donors (Lipinski definition) is 0. The van der Waals surface area contributed by atoms with Crippen LogP contribution in [0.1, 0.15) is 25.0 Å². The predicted octanol–water partition coefficient (Wildman–Crippen LogP) is 10.8. The third-order valence-electron chi connectivity index (χ3n) is 9.50. The molecule has 0 fully saturated rings. The molecule has 3 nitrogen and oxygen atoms in total. The highest BCUT2D eigenvalue weighted by atomic mass is 15.1. The van der Waals surface area contributed by atoms with Crippen LogP contribution in [0.4, 0.5) is 17.1 Å². The van der Waals surface area contributed by atoms with Crippen molar-refractivity contribution in [1.82, 2.24) is 9.13 Å². The fraction of sp³-hybridized carbons (Fsp3) is 0.0732. The number of hydrogen-bond acceptors (Lipinski definition) is 1. The van der Waals surface area contributed by atoms with Crippen molar-refractivity contribution in [2.45, 2.75) is 19.3 Å². The van der Waals surface area contributed by atoms with Crippen LogP contribution in [-0.4, -0.2) is 9.13 Å². The van der Waals surface area contributed by atoms with Crippen molar-refractivity contribution in [1.29, 1.82) is 0 Å². The average Bonchev–Trinajstić information content (AvgIpc) is 3.66. The highest BCUT2D eigenvalue weighted by Gasteiger charge is 2.35. The molecule has 0 spiro atoms. The van der Waals surface area contributed by atoms with Crippen molar-refractivity contribution < 1.29 is 0 Å². The van der Waals surface area contributed by atoms with Crippen LogP contribution >= 0.6 is 0 Å². The molecule has 0 aliphatic carbocycles. The lowest BCUT2D eigenvalue weighted by molar-refractivity contribution is 0.629. The van der Waals surface area contributed by atoms with E-state index in [4.69, 9.17) is 0 Å². The number of benzene rings is 6. The maximum atomic E-state index is 2.46. The summed E-state index contributed by atoms with van der Waals surface area (Å²) in [5.41, 5.74) is 12.2. The highest BCUT2D eigenvalue weighted by molar-refractivity contribution is 6.19. The van der Waals surface area contributed by atoms with Gasteiger partial charge in [-0.25, -0.2) is 0 Å². The van der Waals surface area contributed by atoms with Gasteiger partial charge in [-0.3, -0.25) is 0 Å². The molecule has 1 aliphatic heterocycles. The standard InChI is InChI=1S/C41H31N3/c1-41(2)35-18-10-12-20-38(35)42-26-25-33-39-34(27-36(41)40(33)42)32-17-9-11-19-37(32)44(39)31-23-21-30(22-24-31)43(28-13-5-3-6-14-28)29-15-7-4-8-16-29/h3-27H,1-2H3. The van der Waals surface area contributed by atoms with Gasteiger partial charge in [0.25, 0.3) is 0 Å². The predicted molar refractivity (Wildman–Crippen MR) is 184 cm³/mol. The van der Waals surface area contributed by atoms with E-state index in [1.165, 1.54) is 49.5 Å². The lowest BCUT2D eigenvalue weighted by Gasteiger charge is -2.34. The molecule has 210 valence electrons.